The highest BCUT2D eigenvalue weighted by molar-refractivity contribution is 8.13. The lowest BCUT2D eigenvalue weighted by Gasteiger charge is -2.09. The molecule has 1 fully saturated rings. The summed E-state index contributed by atoms with van der Waals surface area (Å²) in [5, 5.41) is 7.34. The fourth-order valence-corrected chi connectivity index (χ4v) is 2.96. The van der Waals surface area contributed by atoms with Crippen molar-refractivity contribution in [1.29, 1.82) is 0 Å². The minimum atomic E-state index is -3.84. The summed E-state index contributed by atoms with van der Waals surface area (Å²) in [5.41, 5.74) is 0. The van der Waals surface area contributed by atoms with Crippen molar-refractivity contribution < 1.29 is 13.2 Å². The van der Waals surface area contributed by atoms with Crippen molar-refractivity contribution in [2.45, 2.75) is 44.0 Å². The number of rotatable bonds is 4. The normalized spacial score (nSPS) is 20.9. The fourth-order valence-electron chi connectivity index (χ4n) is 1.98. The molecule has 1 aliphatic rings. The lowest BCUT2D eigenvalue weighted by molar-refractivity contribution is 0.109. The van der Waals surface area contributed by atoms with Crippen LogP contribution in [-0.2, 0) is 26.8 Å². The zero-order chi connectivity index (χ0) is 12.5. The van der Waals surface area contributed by atoms with Crippen molar-refractivity contribution in [2.24, 2.45) is 0 Å². The minimum Gasteiger partial charge on any atom is -0.378 e. The molecule has 96 valence electrons. The second-order valence-corrected chi connectivity index (χ2v) is 6.38. The molecule has 0 aromatic carbocycles. The van der Waals surface area contributed by atoms with Gasteiger partial charge in [-0.25, -0.2) is 8.42 Å². The number of halogens is 1. The van der Waals surface area contributed by atoms with Crippen LogP contribution in [0.2, 0.25) is 0 Å². The van der Waals surface area contributed by atoms with Crippen LogP contribution in [0.3, 0.4) is 0 Å². The van der Waals surface area contributed by atoms with E-state index in [1.165, 1.54) is 4.57 Å². The molecule has 1 saturated heterocycles. The maximum Gasteiger partial charge on any atom is 0.296 e. The van der Waals surface area contributed by atoms with Gasteiger partial charge in [-0.05, 0) is 19.8 Å². The molecule has 0 radical (unpaired) electrons. The van der Waals surface area contributed by atoms with Crippen LogP contribution in [0.15, 0.2) is 5.16 Å². The number of hydrogen-bond donors (Lipinski definition) is 0. The fraction of sp³-hybridized carbons (Fsp3) is 0.778. The van der Waals surface area contributed by atoms with E-state index in [-0.39, 0.29) is 11.3 Å². The first kappa shape index (κ1) is 12.8. The van der Waals surface area contributed by atoms with E-state index < -0.39 is 9.05 Å². The Morgan fingerprint density at radius 3 is 2.82 bits per heavy atom. The number of nitrogens with zero attached hydrogens (tertiary/aromatic N) is 3. The molecular formula is C9H14ClN3O3S. The Balaban J connectivity index is 2.25. The predicted molar refractivity (Wildman–Crippen MR) is 61.4 cm³/mol. The summed E-state index contributed by atoms with van der Waals surface area (Å²) in [4.78, 5) is 0. The highest BCUT2D eigenvalue weighted by Crippen LogP contribution is 2.19. The third-order valence-corrected chi connectivity index (χ3v) is 3.91. The quantitative estimate of drug-likeness (QED) is 0.767. The van der Waals surface area contributed by atoms with Crippen molar-refractivity contribution in [1.82, 2.24) is 14.8 Å². The molecule has 6 nitrogen and oxygen atoms in total. The Hall–Kier alpha value is -0.660. The number of hydrogen-bond acceptors (Lipinski definition) is 5. The zero-order valence-corrected chi connectivity index (χ0v) is 11.0. The van der Waals surface area contributed by atoms with Gasteiger partial charge in [0.15, 0.2) is 0 Å². The molecule has 2 heterocycles. The first-order valence-corrected chi connectivity index (χ1v) is 7.81. The Morgan fingerprint density at radius 2 is 2.29 bits per heavy atom. The Morgan fingerprint density at radius 1 is 1.53 bits per heavy atom. The molecule has 1 unspecified atom stereocenters. The zero-order valence-electron chi connectivity index (χ0n) is 9.47. The summed E-state index contributed by atoms with van der Waals surface area (Å²) >= 11 is 0. The van der Waals surface area contributed by atoms with Gasteiger partial charge in [-0.3, -0.25) is 0 Å². The molecule has 1 atom stereocenters. The Labute approximate surface area is 104 Å². The van der Waals surface area contributed by atoms with Crippen molar-refractivity contribution in [3.05, 3.63) is 5.82 Å². The van der Waals surface area contributed by atoms with Gasteiger partial charge < -0.3 is 9.30 Å². The second kappa shape index (κ2) is 4.91. The van der Waals surface area contributed by atoms with Crippen molar-refractivity contribution in [3.8, 4) is 0 Å². The predicted octanol–water partition coefficient (Wildman–Crippen LogP) is 0.947. The van der Waals surface area contributed by atoms with Crippen LogP contribution in [0.1, 0.15) is 25.6 Å². The van der Waals surface area contributed by atoms with Crippen LogP contribution < -0.4 is 0 Å². The Bertz CT molecular complexity index is 494. The van der Waals surface area contributed by atoms with Gasteiger partial charge in [0.05, 0.1) is 6.10 Å². The number of aromatic nitrogens is 3. The van der Waals surface area contributed by atoms with E-state index in [1.54, 1.807) is 0 Å². The van der Waals surface area contributed by atoms with Crippen LogP contribution in [0.4, 0.5) is 0 Å². The van der Waals surface area contributed by atoms with Gasteiger partial charge in [0.2, 0.25) is 0 Å². The van der Waals surface area contributed by atoms with Gasteiger partial charge in [-0.2, -0.15) is 0 Å². The lowest BCUT2D eigenvalue weighted by Crippen LogP contribution is -2.15. The topological polar surface area (TPSA) is 74.1 Å². The average Bonchev–Trinajstić information content (AvgIpc) is 2.85. The molecule has 8 heteroatoms. The van der Waals surface area contributed by atoms with Gasteiger partial charge in [0.1, 0.15) is 5.82 Å². The SMILES string of the molecule is CCn1c(CC2CCCO2)nnc1S(=O)(=O)Cl. The van der Waals surface area contributed by atoms with Gasteiger partial charge in [0, 0.05) is 30.3 Å². The summed E-state index contributed by atoms with van der Waals surface area (Å²) in [6.45, 7) is 3.05. The summed E-state index contributed by atoms with van der Waals surface area (Å²) < 4.78 is 29.6. The van der Waals surface area contributed by atoms with E-state index in [2.05, 4.69) is 10.2 Å². The van der Waals surface area contributed by atoms with E-state index >= 15 is 0 Å². The highest BCUT2D eigenvalue weighted by atomic mass is 35.7. The summed E-state index contributed by atoms with van der Waals surface area (Å²) in [5.74, 6) is 0.610. The first-order valence-electron chi connectivity index (χ1n) is 5.50. The van der Waals surface area contributed by atoms with E-state index in [0.29, 0.717) is 18.8 Å². The average molecular weight is 280 g/mol. The van der Waals surface area contributed by atoms with Crippen LogP contribution >= 0.6 is 10.7 Å². The molecule has 0 aliphatic carbocycles. The highest BCUT2D eigenvalue weighted by Gasteiger charge is 2.24. The third-order valence-electron chi connectivity index (χ3n) is 2.76. The monoisotopic (exact) mass is 279 g/mol. The van der Waals surface area contributed by atoms with Gasteiger partial charge in [0.25, 0.3) is 14.2 Å². The summed E-state index contributed by atoms with van der Waals surface area (Å²) in [6.07, 6.45) is 2.69. The van der Waals surface area contributed by atoms with Crippen LogP contribution in [0.5, 0.6) is 0 Å². The maximum absolute atomic E-state index is 11.3. The van der Waals surface area contributed by atoms with Gasteiger partial charge >= 0.3 is 0 Å². The van der Waals surface area contributed by atoms with Crippen LogP contribution in [0, 0.1) is 0 Å². The molecule has 0 bridgehead atoms. The molecule has 1 aromatic rings. The van der Waals surface area contributed by atoms with Crippen molar-refractivity contribution >= 4 is 19.7 Å². The molecule has 0 saturated carbocycles. The van der Waals surface area contributed by atoms with E-state index in [1.807, 2.05) is 6.92 Å². The molecular weight excluding hydrogens is 266 g/mol. The van der Waals surface area contributed by atoms with E-state index in [9.17, 15) is 8.42 Å². The molecule has 1 aliphatic heterocycles. The Kier molecular flexibility index (Phi) is 3.70. The summed E-state index contributed by atoms with van der Waals surface area (Å²) in [6, 6.07) is 0. The van der Waals surface area contributed by atoms with Crippen molar-refractivity contribution in [3.63, 3.8) is 0 Å². The van der Waals surface area contributed by atoms with Crippen molar-refractivity contribution in [2.75, 3.05) is 6.61 Å². The summed E-state index contributed by atoms with van der Waals surface area (Å²) in [7, 11) is 1.45. The standard InChI is InChI=1S/C9H14ClN3O3S/c1-2-13-8(6-7-4-3-5-16-7)11-12-9(13)17(10,14)15/h7H,2-6H2,1H3. The van der Waals surface area contributed by atoms with E-state index in [4.69, 9.17) is 15.4 Å². The smallest absolute Gasteiger partial charge is 0.296 e. The molecule has 0 amide bonds. The van der Waals surface area contributed by atoms with E-state index in [0.717, 1.165) is 19.4 Å². The maximum atomic E-state index is 11.3. The number of ether oxygens (including phenoxy) is 1. The minimum absolute atomic E-state index is 0.107. The molecule has 0 N–H and O–H groups in total. The van der Waals surface area contributed by atoms with Gasteiger partial charge in [-0.15, -0.1) is 10.2 Å². The lowest BCUT2D eigenvalue weighted by atomic mass is 10.2. The largest absolute Gasteiger partial charge is 0.378 e. The van der Waals surface area contributed by atoms with Gasteiger partial charge in [-0.1, -0.05) is 0 Å². The first-order chi connectivity index (χ1) is 8.02. The molecule has 0 spiro atoms. The van der Waals surface area contributed by atoms with Crippen LogP contribution in [-0.4, -0.2) is 35.9 Å². The van der Waals surface area contributed by atoms with Crippen LogP contribution in [0.25, 0.3) is 0 Å². The third kappa shape index (κ3) is 2.78. The molecule has 1 aromatic heterocycles. The molecule has 17 heavy (non-hydrogen) atoms. The second-order valence-electron chi connectivity index (χ2n) is 3.92. The molecule has 2 rings (SSSR count).